The van der Waals surface area contributed by atoms with E-state index in [1.165, 1.54) is 9.80 Å². The molecular formula is C32H45N5O4. The smallest absolute Gasteiger partial charge is 0.317 e. The van der Waals surface area contributed by atoms with E-state index in [4.69, 9.17) is 0 Å². The molecule has 9 nitrogen and oxygen atoms in total. The molecular weight excluding hydrogens is 518 g/mol. The Labute approximate surface area is 244 Å². The Balaban J connectivity index is 1.66. The van der Waals surface area contributed by atoms with E-state index in [9.17, 15) is 19.2 Å². The lowest BCUT2D eigenvalue weighted by Crippen LogP contribution is -2.60. The lowest BCUT2D eigenvalue weighted by atomic mass is 9.97. The van der Waals surface area contributed by atoms with Gasteiger partial charge in [0.1, 0.15) is 19.1 Å². The van der Waals surface area contributed by atoms with Crippen LogP contribution in [0.4, 0.5) is 4.79 Å². The highest BCUT2D eigenvalue weighted by atomic mass is 16.2. The first kappa shape index (κ1) is 31.6. The third-order valence-electron chi connectivity index (χ3n) is 7.52. The van der Waals surface area contributed by atoms with E-state index in [-0.39, 0.29) is 36.8 Å². The summed E-state index contributed by atoms with van der Waals surface area (Å²) in [6, 6.07) is 15.4. The Morgan fingerprint density at radius 1 is 0.951 bits per heavy atom. The van der Waals surface area contributed by atoms with Gasteiger partial charge in [-0.25, -0.2) is 4.79 Å². The van der Waals surface area contributed by atoms with E-state index in [1.54, 1.807) is 14.1 Å². The van der Waals surface area contributed by atoms with Gasteiger partial charge in [0.2, 0.25) is 17.7 Å². The molecule has 1 heterocycles. The number of benzene rings is 2. The monoisotopic (exact) mass is 563 g/mol. The summed E-state index contributed by atoms with van der Waals surface area (Å²) >= 11 is 0. The highest BCUT2D eigenvalue weighted by molar-refractivity contribution is 5.97. The molecule has 2 aromatic carbocycles. The fourth-order valence-corrected chi connectivity index (χ4v) is 4.98. The zero-order valence-electron chi connectivity index (χ0n) is 24.9. The Morgan fingerprint density at radius 2 is 1.68 bits per heavy atom. The maximum atomic E-state index is 13.3. The van der Waals surface area contributed by atoms with Crippen molar-refractivity contribution < 1.29 is 19.2 Å². The molecule has 1 saturated heterocycles. The molecule has 0 spiro atoms. The maximum absolute atomic E-state index is 13.3. The average molecular weight is 564 g/mol. The van der Waals surface area contributed by atoms with Gasteiger partial charge >= 0.3 is 6.03 Å². The number of likely N-dealkylation sites (N-methyl/N-ethyl adjacent to an activating group) is 1. The summed E-state index contributed by atoms with van der Waals surface area (Å²) in [4.78, 5) is 55.3. The predicted molar refractivity (Wildman–Crippen MR) is 161 cm³/mol. The SMILES string of the molecule is CCCCCNC(=O)CN1CC(=O)N(C)[C@@H](Cc2ccc(-c3cccc(CN(CCCC)C(=O)NC)c3)cc2)C1=O. The van der Waals surface area contributed by atoms with Gasteiger partial charge in [-0.05, 0) is 41.2 Å². The average Bonchev–Trinajstić information content (AvgIpc) is 2.98. The van der Waals surface area contributed by atoms with Crippen LogP contribution in [-0.4, -0.2) is 84.8 Å². The minimum atomic E-state index is -0.655. The number of nitrogens with zero attached hydrogens (tertiary/aromatic N) is 3. The molecule has 3 rings (SSSR count). The Kier molecular flexibility index (Phi) is 12.2. The third-order valence-corrected chi connectivity index (χ3v) is 7.52. The molecule has 0 bridgehead atoms. The molecule has 0 saturated carbocycles. The lowest BCUT2D eigenvalue weighted by molar-refractivity contribution is -0.155. The molecule has 222 valence electrons. The van der Waals surface area contributed by atoms with Crippen molar-refractivity contribution in [2.24, 2.45) is 0 Å². The van der Waals surface area contributed by atoms with Crippen molar-refractivity contribution in [3.63, 3.8) is 0 Å². The van der Waals surface area contributed by atoms with Crippen molar-refractivity contribution >= 4 is 23.8 Å². The molecule has 9 heteroatoms. The molecule has 5 amide bonds. The summed E-state index contributed by atoms with van der Waals surface area (Å²) in [5, 5.41) is 5.58. The van der Waals surface area contributed by atoms with E-state index in [1.807, 2.05) is 47.4 Å². The van der Waals surface area contributed by atoms with E-state index >= 15 is 0 Å². The molecule has 1 aliphatic heterocycles. The summed E-state index contributed by atoms with van der Waals surface area (Å²) in [5.74, 6) is -0.621. The fraction of sp³-hybridized carbons (Fsp3) is 0.500. The van der Waals surface area contributed by atoms with Crippen LogP contribution in [0, 0.1) is 0 Å². The van der Waals surface area contributed by atoms with Crippen LogP contribution in [0.15, 0.2) is 48.5 Å². The highest BCUT2D eigenvalue weighted by Crippen LogP contribution is 2.23. The number of unbranched alkanes of at least 4 members (excludes halogenated alkanes) is 3. The van der Waals surface area contributed by atoms with Crippen molar-refractivity contribution in [2.75, 3.05) is 40.3 Å². The van der Waals surface area contributed by atoms with Crippen LogP contribution < -0.4 is 10.6 Å². The summed E-state index contributed by atoms with van der Waals surface area (Å²) < 4.78 is 0. The Bertz CT molecular complexity index is 1180. The number of nitrogens with one attached hydrogen (secondary N) is 2. The van der Waals surface area contributed by atoms with Crippen LogP contribution in [0.25, 0.3) is 11.1 Å². The van der Waals surface area contributed by atoms with Crippen LogP contribution in [0.2, 0.25) is 0 Å². The first-order valence-electron chi connectivity index (χ1n) is 14.7. The first-order valence-corrected chi connectivity index (χ1v) is 14.7. The number of amides is 5. The summed E-state index contributed by atoms with van der Waals surface area (Å²) in [6.45, 7) is 5.83. The van der Waals surface area contributed by atoms with Gasteiger partial charge < -0.3 is 25.3 Å². The minimum absolute atomic E-state index is 0.0833. The van der Waals surface area contributed by atoms with Crippen LogP contribution in [0.1, 0.15) is 57.1 Å². The number of hydrogen-bond acceptors (Lipinski definition) is 4. The van der Waals surface area contributed by atoms with E-state index < -0.39 is 6.04 Å². The highest BCUT2D eigenvalue weighted by Gasteiger charge is 2.37. The van der Waals surface area contributed by atoms with Gasteiger partial charge in [0.15, 0.2) is 0 Å². The van der Waals surface area contributed by atoms with Gasteiger partial charge in [-0.15, -0.1) is 0 Å². The number of piperazine rings is 1. The van der Waals surface area contributed by atoms with Crippen molar-refractivity contribution in [1.82, 2.24) is 25.3 Å². The number of carbonyl (C=O) groups is 4. The maximum Gasteiger partial charge on any atom is 0.317 e. The van der Waals surface area contributed by atoms with Crippen LogP contribution in [0.5, 0.6) is 0 Å². The molecule has 0 radical (unpaired) electrons. The van der Waals surface area contributed by atoms with Gasteiger partial charge in [-0.3, -0.25) is 14.4 Å². The minimum Gasteiger partial charge on any atom is -0.355 e. The summed E-state index contributed by atoms with van der Waals surface area (Å²) in [5.41, 5.74) is 4.04. The molecule has 0 aromatic heterocycles. The zero-order valence-corrected chi connectivity index (χ0v) is 24.9. The molecule has 1 fully saturated rings. The summed E-state index contributed by atoms with van der Waals surface area (Å²) in [6.07, 6.45) is 5.33. The Morgan fingerprint density at radius 3 is 2.37 bits per heavy atom. The summed E-state index contributed by atoms with van der Waals surface area (Å²) in [7, 11) is 3.30. The van der Waals surface area contributed by atoms with Crippen LogP contribution in [0.3, 0.4) is 0 Å². The number of hydrogen-bond donors (Lipinski definition) is 2. The van der Waals surface area contributed by atoms with Gasteiger partial charge in [0, 0.05) is 40.2 Å². The number of carbonyl (C=O) groups excluding carboxylic acids is 4. The molecule has 2 aromatic rings. The second-order valence-corrected chi connectivity index (χ2v) is 10.7. The normalized spacial score (nSPS) is 15.2. The molecule has 41 heavy (non-hydrogen) atoms. The van der Waals surface area contributed by atoms with Crippen LogP contribution in [-0.2, 0) is 27.3 Å². The van der Waals surface area contributed by atoms with Gasteiger partial charge in [0.05, 0.1) is 0 Å². The molecule has 2 N–H and O–H groups in total. The number of rotatable bonds is 14. The largest absolute Gasteiger partial charge is 0.355 e. The van der Waals surface area contributed by atoms with Crippen molar-refractivity contribution in [3.8, 4) is 11.1 Å². The standard InChI is InChI=1S/C32H45N5O4/c1-5-7-9-17-34-29(38)22-37-23-30(39)35(4)28(31(37)40)20-24-13-15-26(16-14-24)27-12-10-11-25(19-27)21-36(18-8-6-2)32(41)33-3/h10-16,19,28H,5-9,17-18,20-23H2,1-4H3,(H,33,41)(H,34,38)/t28-/m0/s1. The van der Waals surface area contributed by atoms with Crippen molar-refractivity contribution in [3.05, 3.63) is 59.7 Å². The van der Waals surface area contributed by atoms with Gasteiger partial charge in [-0.1, -0.05) is 75.6 Å². The second-order valence-electron chi connectivity index (χ2n) is 10.7. The number of urea groups is 1. The first-order chi connectivity index (χ1) is 19.8. The molecule has 1 aliphatic rings. The van der Waals surface area contributed by atoms with E-state index in [2.05, 4.69) is 30.5 Å². The van der Waals surface area contributed by atoms with E-state index in [0.29, 0.717) is 26.1 Å². The van der Waals surface area contributed by atoms with Crippen LogP contribution >= 0.6 is 0 Å². The van der Waals surface area contributed by atoms with Crippen molar-refractivity contribution in [2.45, 2.75) is 65.0 Å². The van der Waals surface area contributed by atoms with Gasteiger partial charge in [-0.2, -0.15) is 0 Å². The topological polar surface area (TPSA) is 102 Å². The molecule has 1 atom stereocenters. The molecule has 0 unspecified atom stereocenters. The Hall–Kier alpha value is -3.88. The second kappa shape index (κ2) is 15.8. The zero-order chi connectivity index (χ0) is 29.8. The van der Waals surface area contributed by atoms with E-state index in [0.717, 1.165) is 54.4 Å². The quantitative estimate of drug-likeness (QED) is 0.341. The third kappa shape index (κ3) is 9.06. The van der Waals surface area contributed by atoms with Gasteiger partial charge in [0.25, 0.3) is 0 Å². The van der Waals surface area contributed by atoms with Crippen molar-refractivity contribution in [1.29, 1.82) is 0 Å². The predicted octanol–water partition coefficient (Wildman–Crippen LogP) is 3.81. The fourth-order valence-electron chi connectivity index (χ4n) is 4.98. The lowest BCUT2D eigenvalue weighted by Gasteiger charge is -2.38. The molecule has 0 aliphatic carbocycles.